The number of aryl methyl sites for hydroxylation is 1. The summed E-state index contributed by atoms with van der Waals surface area (Å²) in [6.07, 6.45) is 0.249. The molecule has 1 unspecified atom stereocenters. The van der Waals surface area contributed by atoms with Crippen molar-refractivity contribution < 1.29 is 9.21 Å². The van der Waals surface area contributed by atoms with Gasteiger partial charge in [0.15, 0.2) is 10.8 Å². The number of aromatic nitrogens is 1. The zero-order valence-corrected chi connectivity index (χ0v) is 16.7. The molecular weight excluding hydrogens is 369 g/mol. The smallest absolute Gasteiger partial charge is 0.226 e. The predicted molar refractivity (Wildman–Crippen MR) is 103 cm³/mol. The third-order valence-electron chi connectivity index (χ3n) is 3.97. The molecule has 2 aromatic heterocycles. The lowest BCUT2D eigenvalue weighted by atomic mass is 9.88. The summed E-state index contributed by atoms with van der Waals surface area (Å²) in [6.45, 7) is 8.36. The molecule has 2 heterocycles. The van der Waals surface area contributed by atoms with E-state index in [1.807, 2.05) is 45.2 Å². The number of thiazole rings is 1. The molecule has 3 N–H and O–H groups in total. The van der Waals surface area contributed by atoms with E-state index in [2.05, 4.69) is 10.3 Å². The van der Waals surface area contributed by atoms with Crippen LogP contribution in [0, 0.1) is 12.8 Å². The van der Waals surface area contributed by atoms with Crippen molar-refractivity contribution in [1.82, 2.24) is 10.3 Å². The molecule has 0 aliphatic rings. The average Bonchev–Trinajstić information content (AvgIpc) is 3.07. The molecule has 8 heteroatoms. The minimum Gasteiger partial charge on any atom is -0.459 e. The first-order chi connectivity index (χ1) is 10.3. The Morgan fingerprint density at radius 3 is 2.58 bits per heavy atom. The Hall–Kier alpha value is -1.08. The first-order valence-electron chi connectivity index (χ1n) is 7.36. The number of carbonyl (C=O) groups is 1. The van der Waals surface area contributed by atoms with Gasteiger partial charge in [0.2, 0.25) is 5.91 Å². The summed E-state index contributed by atoms with van der Waals surface area (Å²) in [5.74, 6) is 1.79. The van der Waals surface area contributed by atoms with Crippen LogP contribution in [-0.2, 0) is 11.2 Å². The van der Waals surface area contributed by atoms with Gasteiger partial charge in [-0.1, -0.05) is 13.8 Å². The molecule has 24 heavy (non-hydrogen) atoms. The molecular formula is C16H25Cl2N3O2S. The fourth-order valence-corrected chi connectivity index (χ4v) is 2.79. The first kappa shape index (κ1) is 22.9. The Kier molecular flexibility index (Phi) is 8.99. The Morgan fingerprint density at radius 2 is 2.08 bits per heavy atom. The van der Waals surface area contributed by atoms with Crippen LogP contribution in [0.25, 0.3) is 10.8 Å². The number of hydrogen-bond acceptors (Lipinski definition) is 5. The number of amides is 1. The van der Waals surface area contributed by atoms with Crippen LogP contribution in [0.4, 0.5) is 0 Å². The highest BCUT2D eigenvalue weighted by molar-refractivity contribution is 7.13. The summed E-state index contributed by atoms with van der Waals surface area (Å²) in [7, 11) is 0. The van der Waals surface area contributed by atoms with E-state index in [0.717, 1.165) is 22.2 Å². The number of nitrogens with two attached hydrogens (primary N) is 1. The van der Waals surface area contributed by atoms with E-state index in [9.17, 15) is 4.79 Å². The molecule has 1 atom stereocenters. The topological polar surface area (TPSA) is 81.2 Å². The van der Waals surface area contributed by atoms with Gasteiger partial charge in [-0.05, 0) is 31.9 Å². The zero-order chi connectivity index (χ0) is 16.3. The van der Waals surface area contributed by atoms with E-state index in [4.69, 9.17) is 10.2 Å². The second kappa shape index (κ2) is 9.42. The molecule has 0 radical (unpaired) electrons. The minimum absolute atomic E-state index is 0. The molecule has 2 rings (SSSR count). The van der Waals surface area contributed by atoms with Gasteiger partial charge >= 0.3 is 0 Å². The van der Waals surface area contributed by atoms with Gasteiger partial charge < -0.3 is 15.5 Å². The van der Waals surface area contributed by atoms with Gasteiger partial charge in [-0.25, -0.2) is 4.98 Å². The summed E-state index contributed by atoms with van der Waals surface area (Å²) in [4.78, 5) is 16.7. The predicted octanol–water partition coefficient (Wildman–Crippen LogP) is 3.59. The largest absolute Gasteiger partial charge is 0.459 e. The second-order valence-electron chi connectivity index (χ2n) is 6.06. The van der Waals surface area contributed by atoms with Crippen LogP contribution < -0.4 is 11.1 Å². The van der Waals surface area contributed by atoms with E-state index < -0.39 is 5.54 Å². The van der Waals surface area contributed by atoms with Gasteiger partial charge in [-0.3, -0.25) is 4.79 Å². The van der Waals surface area contributed by atoms with Crippen molar-refractivity contribution in [2.24, 2.45) is 11.7 Å². The average molecular weight is 394 g/mol. The highest BCUT2D eigenvalue weighted by Gasteiger charge is 2.28. The van der Waals surface area contributed by atoms with E-state index in [0.29, 0.717) is 6.54 Å². The summed E-state index contributed by atoms with van der Waals surface area (Å²) in [5, 5.41) is 5.71. The Morgan fingerprint density at radius 1 is 1.42 bits per heavy atom. The van der Waals surface area contributed by atoms with Crippen molar-refractivity contribution in [3.8, 4) is 10.8 Å². The number of halogens is 2. The molecule has 2 aromatic rings. The lowest BCUT2D eigenvalue weighted by Gasteiger charge is -2.33. The lowest BCUT2D eigenvalue weighted by Crippen LogP contribution is -2.55. The maximum Gasteiger partial charge on any atom is 0.226 e. The maximum atomic E-state index is 12.2. The van der Waals surface area contributed by atoms with Crippen molar-refractivity contribution >= 4 is 42.1 Å². The van der Waals surface area contributed by atoms with Crippen LogP contribution in [0.1, 0.15) is 32.2 Å². The summed E-state index contributed by atoms with van der Waals surface area (Å²) >= 11 is 1.48. The quantitative estimate of drug-likeness (QED) is 0.785. The normalized spacial score (nSPS) is 12.9. The molecule has 0 spiro atoms. The number of nitrogens with zero attached hydrogens (tertiary/aromatic N) is 1. The molecule has 0 aliphatic carbocycles. The van der Waals surface area contributed by atoms with E-state index >= 15 is 0 Å². The van der Waals surface area contributed by atoms with Crippen LogP contribution >= 0.6 is 36.2 Å². The highest BCUT2D eigenvalue weighted by Crippen LogP contribution is 2.25. The molecule has 0 saturated heterocycles. The molecule has 136 valence electrons. The van der Waals surface area contributed by atoms with Gasteiger partial charge in [-0.15, -0.1) is 36.2 Å². The van der Waals surface area contributed by atoms with Crippen LogP contribution in [-0.4, -0.2) is 23.0 Å². The monoisotopic (exact) mass is 393 g/mol. The molecule has 5 nitrogen and oxygen atoms in total. The standard InChI is InChI=1S/C16H23N3O2S.2ClH/c1-10(2)16(4,9-17)19-14(20)7-12-8-22-15(18-12)13-6-5-11(3)21-13;;/h5-6,8,10H,7,9,17H2,1-4H3,(H,19,20);2*1H. The van der Waals surface area contributed by atoms with E-state index in [-0.39, 0.29) is 43.1 Å². The van der Waals surface area contributed by atoms with Crippen LogP contribution in [0.2, 0.25) is 0 Å². The third kappa shape index (κ3) is 5.48. The number of hydrogen-bond donors (Lipinski definition) is 2. The van der Waals surface area contributed by atoms with E-state index in [1.165, 1.54) is 11.3 Å². The summed E-state index contributed by atoms with van der Waals surface area (Å²) in [6, 6.07) is 3.79. The van der Waals surface area contributed by atoms with Gasteiger partial charge in [0.05, 0.1) is 17.7 Å². The van der Waals surface area contributed by atoms with Crippen LogP contribution in [0.15, 0.2) is 21.9 Å². The summed E-state index contributed by atoms with van der Waals surface area (Å²) < 4.78 is 5.55. The van der Waals surface area contributed by atoms with Gasteiger partial charge in [-0.2, -0.15) is 0 Å². The van der Waals surface area contributed by atoms with Crippen molar-refractivity contribution in [2.75, 3.05) is 6.54 Å². The van der Waals surface area contributed by atoms with Gasteiger partial charge in [0, 0.05) is 11.9 Å². The number of carbonyl (C=O) groups excluding carboxylic acids is 1. The SMILES string of the molecule is Cc1ccc(-c2nc(CC(=O)NC(C)(CN)C(C)C)cs2)o1.Cl.Cl. The van der Waals surface area contributed by atoms with Gasteiger partial charge in [0.25, 0.3) is 0 Å². The molecule has 0 aliphatic heterocycles. The van der Waals surface area contributed by atoms with E-state index in [1.54, 1.807) is 0 Å². The molecule has 0 bridgehead atoms. The second-order valence-corrected chi connectivity index (χ2v) is 6.91. The molecule has 0 fully saturated rings. The van der Waals surface area contributed by atoms with Crippen LogP contribution in [0.5, 0.6) is 0 Å². The lowest BCUT2D eigenvalue weighted by molar-refractivity contribution is -0.122. The molecule has 0 aromatic carbocycles. The molecule has 1 amide bonds. The van der Waals surface area contributed by atoms with Crippen molar-refractivity contribution in [2.45, 2.75) is 39.7 Å². The minimum atomic E-state index is -0.395. The zero-order valence-electron chi connectivity index (χ0n) is 14.3. The Bertz CT molecular complexity index is 657. The maximum absolute atomic E-state index is 12.2. The molecule has 0 saturated carbocycles. The van der Waals surface area contributed by atoms with Crippen molar-refractivity contribution in [3.05, 3.63) is 29.0 Å². The van der Waals surface area contributed by atoms with Gasteiger partial charge in [0.1, 0.15) is 5.76 Å². The van der Waals surface area contributed by atoms with Crippen LogP contribution in [0.3, 0.4) is 0 Å². The number of nitrogens with one attached hydrogen (secondary N) is 1. The Balaban J connectivity index is 0.00000264. The first-order valence-corrected chi connectivity index (χ1v) is 8.24. The summed E-state index contributed by atoms with van der Waals surface area (Å²) in [5.41, 5.74) is 6.14. The van der Waals surface area contributed by atoms with Crippen molar-refractivity contribution in [1.29, 1.82) is 0 Å². The Labute approximate surface area is 159 Å². The third-order valence-corrected chi connectivity index (χ3v) is 4.87. The number of rotatable bonds is 6. The van der Waals surface area contributed by atoms with Crippen molar-refractivity contribution in [3.63, 3.8) is 0 Å². The number of furan rings is 1. The fraction of sp³-hybridized carbons (Fsp3) is 0.500. The fourth-order valence-electron chi connectivity index (χ4n) is 2.01. The highest BCUT2D eigenvalue weighted by atomic mass is 35.5.